The third-order valence-electron chi connectivity index (χ3n) is 3.39. The van der Waals surface area contributed by atoms with Gasteiger partial charge in [0.15, 0.2) is 16.6 Å². The lowest BCUT2D eigenvalue weighted by Gasteiger charge is -1.97. The van der Waals surface area contributed by atoms with Crippen molar-refractivity contribution in [2.24, 2.45) is 0 Å². The molecule has 0 aliphatic rings. The van der Waals surface area contributed by atoms with Crippen LogP contribution in [0.1, 0.15) is 25.6 Å². The van der Waals surface area contributed by atoms with Crippen molar-refractivity contribution in [2.45, 2.75) is 19.8 Å². The monoisotopic (exact) mass is 345 g/mol. The van der Waals surface area contributed by atoms with Gasteiger partial charge in [-0.3, -0.25) is 0 Å². The second-order valence-electron chi connectivity index (χ2n) is 5.40. The number of benzene rings is 1. The minimum atomic E-state index is 0.252. The average Bonchev–Trinajstić information content (AvgIpc) is 3.22. The first-order chi connectivity index (χ1) is 11.1. The summed E-state index contributed by atoms with van der Waals surface area (Å²) in [5.74, 6) is 1.76. The van der Waals surface area contributed by atoms with E-state index in [1.807, 2.05) is 30.3 Å². The number of fused-ring (bicyclic) bond motifs is 1. The molecule has 0 spiro atoms. The van der Waals surface area contributed by atoms with Gasteiger partial charge in [-0.25, -0.2) is 0 Å². The van der Waals surface area contributed by atoms with Gasteiger partial charge in [0.2, 0.25) is 4.96 Å². The average molecular weight is 346 g/mol. The van der Waals surface area contributed by atoms with E-state index in [4.69, 9.17) is 16.1 Å². The predicted octanol–water partition coefficient (Wildman–Crippen LogP) is 4.28. The van der Waals surface area contributed by atoms with Gasteiger partial charge in [-0.1, -0.05) is 41.9 Å². The third kappa shape index (κ3) is 2.51. The molecule has 23 heavy (non-hydrogen) atoms. The van der Waals surface area contributed by atoms with Crippen LogP contribution in [0.2, 0.25) is 5.02 Å². The second kappa shape index (κ2) is 5.43. The van der Waals surface area contributed by atoms with Gasteiger partial charge in [-0.2, -0.15) is 9.61 Å². The Kier molecular flexibility index (Phi) is 3.39. The highest BCUT2D eigenvalue weighted by Crippen LogP contribution is 2.30. The zero-order valence-electron chi connectivity index (χ0n) is 12.4. The molecule has 0 bridgehead atoms. The Labute approximate surface area is 140 Å². The lowest BCUT2D eigenvalue weighted by atomic mass is 10.2. The Bertz CT molecular complexity index is 970. The fourth-order valence-corrected chi connectivity index (χ4v) is 3.15. The number of hydrogen-bond donors (Lipinski definition) is 0. The summed E-state index contributed by atoms with van der Waals surface area (Å²) in [5.41, 5.74) is 1.60. The molecule has 3 heterocycles. The lowest BCUT2D eigenvalue weighted by molar-refractivity contribution is 0.435. The lowest BCUT2D eigenvalue weighted by Crippen LogP contribution is -1.97. The van der Waals surface area contributed by atoms with E-state index in [1.165, 1.54) is 11.3 Å². The number of aromatic nitrogens is 5. The molecule has 1 aromatic carbocycles. The molecule has 0 fully saturated rings. The summed E-state index contributed by atoms with van der Waals surface area (Å²) in [6, 6.07) is 9.28. The maximum absolute atomic E-state index is 5.90. The fourth-order valence-electron chi connectivity index (χ4n) is 2.22. The highest BCUT2D eigenvalue weighted by atomic mass is 35.5. The van der Waals surface area contributed by atoms with Gasteiger partial charge >= 0.3 is 0 Å². The Morgan fingerprint density at radius 1 is 1.17 bits per heavy atom. The number of halogens is 1. The summed E-state index contributed by atoms with van der Waals surface area (Å²) in [6.45, 7) is 4.12. The molecule has 0 unspecified atom stereocenters. The highest BCUT2D eigenvalue weighted by Gasteiger charge is 2.17. The van der Waals surface area contributed by atoms with Crippen molar-refractivity contribution >= 4 is 27.9 Å². The van der Waals surface area contributed by atoms with Gasteiger partial charge < -0.3 is 4.52 Å². The molecule has 4 rings (SSSR count). The summed E-state index contributed by atoms with van der Waals surface area (Å²) < 4.78 is 7.19. The summed E-state index contributed by atoms with van der Waals surface area (Å²) in [5, 5.41) is 18.4. The molecule has 3 aromatic heterocycles. The molecule has 0 aliphatic heterocycles. The largest absolute Gasteiger partial charge is 0.356 e. The van der Waals surface area contributed by atoms with Crippen LogP contribution in [0, 0.1) is 0 Å². The van der Waals surface area contributed by atoms with Crippen LogP contribution in [-0.2, 0) is 0 Å². The normalized spacial score (nSPS) is 11.7. The maximum Gasteiger partial charge on any atom is 0.235 e. The minimum absolute atomic E-state index is 0.252. The summed E-state index contributed by atoms with van der Waals surface area (Å²) >= 11 is 7.34. The molecule has 0 amide bonds. The van der Waals surface area contributed by atoms with E-state index in [0.29, 0.717) is 16.5 Å². The van der Waals surface area contributed by atoms with E-state index < -0.39 is 0 Å². The zero-order chi connectivity index (χ0) is 16.0. The van der Waals surface area contributed by atoms with Gasteiger partial charge in [0, 0.05) is 22.6 Å². The fraction of sp³-hybridized carbons (Fsp3) is 0.200. The molecular formula is C15H12ClN5OS. The maximum atomic E-state index is 5.90. The van der Waals surface area contributed by atoms with E-state index in [1.54, 1.807) is 4.52 Å². The Morgan fingerprint density at radius 3 is 2.70 bits per heavy atom. The predicted molar refractivity (Wildman–Crippen MR) is 88.7 cm³/mol. The quantitative estimate of drug-likeness (QED) is 0.554. The standard InChI is InChI=1S/C15H12ClN5OS/c1-8(2)13-17-18-15-21(13)19-14(23-15)11-7-12(22-20-11)9-3-5-10(16)6-4-9/h3-8H,1-2H3. The van der Waals surface area contributed by atoms with Crippen molar-refractivity contribution in [3.63, 3.8) is 0 Å². The summed E-state index contributed by atoms with van der Waals surface area (Å²) in [4.78, 5) is 0.750. The van der Waals surface area contributed by atoms with Gasteiger partial charge in [0.25, 0.3) is 0 Å². The van der Waals surface area contributed by atoms with Gasteiger partial charge in [-0.15, -0.1) is 10.2 Å². The topological polar surface area (TPSA) is 69.1 Å². The van der Waals surface area contributed by atoms with Crippen molar-refractivity contribution in [3.05, 3.63) is 41.2 Å². The van der Waals surface area contributed by atoms with Crippen LogP contribution >= 0.6 is 22.9 Å². The molecule has 0 saturated carbocycles. The zero-order valence-corrected chi connectivity index (χ0v) is 14.0. The van der Waals surface area contributed by atoms with Crippen LogP contribution < -0.4 is 0 Å². The molecule has 0 saturated heterocycles. The number of rotatable bonds is 3. The van der Waals surface area contributed by atoms with Crippen LogP contribution in [0.5, 0.6) is 0 Å². The molecule has 0 N–H and O–H groups in total. The van der Waals surface area contributed by atoms with E-state index >= 15 is 0 Å². The first kappa shape index (κ1) is 14.3. The van der Waals surface area contributed by atoms with E-state index in [-0.39, 0.29) is 5.92 Å². The van der Waals surface area contributed by atoms with E-state index in [2.05, 4.69) is 34.3 Å². The number of nitrogens with zero attached hydrogens (tertiary/aromatic N) is 5. The minimum Gasteiger partial charge on any atom is -0.356 e. The highest BCUT2D eigenvalue weighted by molar-refractivity contribution is 7.19. The SMILES string of the molecule is CC(C)c1nnc2sc(-c3cc(-c4ccc(Cl)cc4)on3)nn12. The van der Waals surface area contributed by atoms with Crippen LogP contribution in [0.3, 0.4) is 0 Å². The van der Waals surface area contributed by atoms with Crippen molar-refractivity contribution in [2.75, 3.05) is 0 Å². The van der Waals surface area contributed by atoms with Gasteiger partial charge in [0.1, 0.15) is 5.69 Å². The molecule has 0 aliphatic carbocycles. The molecule has 8 heteroatoms. The Morgan fingerprint density at radius 2 is 1.96 bits per heavy atom. The molecule has 6 nitrogen and oxygen atoms in total. The van der Waals surface area contributed by atoms with Crippen molar-refractivity contribution in [1.29, 1.82) is 0 Å². The summed E-state index contributed by atoms with van der Waals surface area (Å²) in [7, 11) is 0. The summed E-state index contributed by atoms with van der Waals surface area (Å²) in [6.07, 6.45) is 0. The molecule has 0 radical (unpaired) electrons. The van der Waals surface area contributed by atoms with Crippen molar-refractivity contribution in [1.82, 2.24) is 25.0 Å². The first-order valence-corrected chi connectivity index (χ1v) is 8.26. The van der Waals surface area contributed by atoms with Gasteiger partial charge in [0.05, 0.1) is 0 Å². The molecule has 116 valence electrons. The Hall–Kier alpha value is -2.25. The first-order valence-electron chi connectivity index (χ1n) is 7.07. The van der Waals surface area contributed by atoms with Crippen LogP contribution in [0.15, 0.2) is 34.9 Å². The molecular weight excluding hydrogens is 334 g/mol. The van der Waals surface area contributed by atoms with E-state index in [9.17, 15) is 0 Å². The van der Waals surface area contributed by atoms with Crippen LogP contribution in [0.25, 0.3) is 27.0 Å². The second-order valence-corrected chi connectivity index (χ2v) is 6.79. The van der Waals surface area contributed by atoms with Crippen LogP contribution in [0.4, 0.5) is 0 Å². The molecule has 0 atom stereocenters. The Balaban J connectivity index is 1.72. The van der Waals surface area contributed by atoms with Crippen LogP contribution in [-0.4, -0.2) is 25.0 Å². The number of hydrogen-bond acceptors (Lipinski definition) is 6. The third-order valence-corrected chi connectivity index (χ3v) is 4.56. The van der Waals surface area contributed by atoms with Crippen molar-refractivity contribution < 1.29 is 4.52 Å². The molecule has 4 aromatic rings. The van der Waals surface area contributed by atoms with Gasteiger partial charge in [-0.05, 0) is 24.3 Å². The van der Waals surface area contributed by atoms with Crippen molar-refractivity contribution in [3.8, 4) is 22.0 Å². The smallest absolute Gasteiger partial charge is 0.235 e. The van der Waals surface area contributed by atoms with E-state index in [0.717, 1.165) is 21.4 Å².